The number of aryl methyl sites for hydroxylation is 2. The number of nitrogens with zero attached hydrogens (tertiary/aromatic N) is 1. The van der Waals surface area contributed by atoms with Gasteiger partial charge < -0.3 is 10.1 Å². The summed E-state index contributed by atoms with van der Waals surface area (Å²) < 4.78 is 6.52. The summed E-state index contributed by atoms with van der Waals surface area (Å²) in [6.07, 6.45) is 0.967. The maximum absolute atomic E-state index is 5.48. The third-order valence-corrected chi connectivity index (χ3v) is 4.85. The average molecular weight is 355 g/mol. The number of hydrogen-bond acceptors (Lipinski definition) is 4. The molecule has 3 nitrogen and oxygen atoms in total. The second-order valence-corrected chi connectivity index (χ2v) is 6.67. The van der Waals surface area contributed by atoms with E-state index in [2.05, 4.69) is 41.2 Å². The van der Waals surface area contributed by atoms with E-state index in [9.17, 15) is 0 Å². The fourth-order valence-corrected chi connectivity index (χ4v) is 3.76. The van der Waals surface area contributed by atoms with E-state index in [1.807, 2.05) is 19.2 Å². The molecular weight excluding hydrogens is 336 g/mol. The third-order valence-electron chi connectivity index (χ3n) is 3.28. The molecule has 20 heavy (non-hydrogen) atoms. The van der Waals surface area contributed by atoms with Gasteiger partial charge in [-0.15, -0.1) is 11.3 Å². The highest BCUT2D eigenvalue weighted by molar-refractivity contribution is 9.10. The van der Waals surface area contributed by atoms with E-state index in [1.165, 1.54) is 10.6 Å². The number of ether oxygens (including phenoxy) is 1. The lowest BCUT2D eigenvalue weighted by atomic mass is 10.1. The third kappa shape index (κ3) is 3.05. The minimum absolute atomic E-state index is 0.0476. The van der Waals surface area contributed by atoms with Crippen molar-refractivity contribution in [2.45, 2.75) is 26.3 Å². The normalized spacial score (nSPS) is 12.4. The van der Waals surface area contributed by atoms with Gasteiger partial charge in [-0.3, -0.25) is 0 Å². The lowest BCUT2D eigenvalue weighted by molar-refractivity contribution is 0.405. The van der Waals surface area contributed by atoms with Gasteiger partial charge in [0.25, 0.3) is 0 Å². The number of methoxy groups -OCH3 is 1. The Bertz CT molecular complexity index is 598. The molecule has 1 aromatic heterocycles. The monoisotopic (exact) mass is 354 g/mol. The van der Waals surface area contributed by atoms with Crippen LogP contribution in [0.25, 0.3) is 0 Å². The summed E-state index contributed by atoms with van der Waals surface area (Å²) in [5, 5.41) is 4.43. The van der Waals surface area contributed by atoms with Crippen LogP contribution >= 0.6 is 27.3 Å². The lowest BCUT2D eigenvalue weighted by Gasteiger charge is -2.17. The Kier molecular flexibility index (Phi) is 5.18. The molecule has 0 radical (unpaired) electrons. The fraction of sp³-hybridized carbons (Fsp3) is 0.400. The van der Waals surface area contributed by atoms with Gasteiger partial charge in [0, 0.05) is 14.9 Å². The molecule has 5 heteroatoms. The van der Waals surface area contributed by atoms with Crippen molar-refractivity contribution in [3.05, 3.63) is 43.8 Å². The largest absolute Gasteiger partial charge is 0.496 e. The number of nitrogens with one attached hydrogen (secondary N) is 1. The SMILES string of the molecule is CCc1nc(C(NC)c2cc(Br)ccc2OC)sc1C. The molecule has 0 amide bonds. The van der Waals surface area contributed by atoms with Crippen molar-refractivity contribution in [1.29, 1.82) is 0 Å². The molecule has 1 aromatic carbocycles. The van der Waals surface area contributed by atoms with Crippen LogP contribution in [0, 0.1) is 6.92 Å². The van der Waals surface area contributed by atoms with Crippen molar-refractivity contribution in [2.75, 3.05) is 14.2 Å². The number of benzene rings is 1. The number of aromatic nitrogens is 1. The van der Waals surface area contributed by atoms with Crippen LogP contribution in [0.4, 0.5) is 0 Å². The van der Waals surface area contributed by atoms with Crippen molar-refractivity contribution in [2.24, 2.45) is 0 Å². The molecule has 0 fully saturated rings. The van der Waals surface area contributed by atoms with Gasteiger partial charge in [-0.25, -0.2) is 4.98 Å². The highest BCUT2D eigenvalue weighted by Crippen LogP contribution is 2.34. The first-order valence-corrected chi connectivity index (χ1v) is 8.18. The van der Waals surface area contributed by atoms with E-state index in [0.29, 0.717) is 0 Å². The van der Waals surface area contributed by atoms with Crippen LogP contribution in [0.2, 0.25) is 0 Å². The second kappa shape index (κ2) is 6.70. The Labute approximate surface area is 132 Å². The molecule has 2 aromatic rings. The van der Waals surface area contributed by atoms with Gasteiger partial charge in [-0.1, -0.05) is 22.9 Å². The fourth-order valence-electron chi connectivity index (χ4n) is 2.24. The Hall–Kier alpha value is -0.910. The minimum atomic E-state index is 0.0476. The van der Waals surface area contributed by atoms with Gasteiger partial charge in [0.2, 0.25) is 0 Å². The Morgan fingerprint density at radius 2 is 2.20 bits per heavy atom. The second-order valence-electron chi connectivity index (χ2n) is 4.52. The highest BCUT2D eigenvalue weighted by Gasteiger charge is 2.21. The molecule has 0 aliphatic heterocycles. The summed E-state index contributed by atoms with van der Waals surface area (Å²) in [6, 6.07) is 6.10. The number of thiazole rings is 1. The number of halogens is 1. The predicted molar refractivity (Wildman–Crippen MR) is 87.8 cm³/mol. The summed E-state index contributed by atoms with van der Waals surface area (Å²) in [5.74, 6) is 0.874. The molecule has 0 bridgehead atoms. The van der Waals surface area contributed by atoms with E-state index in [0.717, 1.165) is 27.2 Å². The molecular formula is C15H19BrN2OS. The predicted octanol–water partition coefficient (Wildman–Crippen LogP) is 4.09. The van der Waals surface area contributed by atoms with Crippen LogP contribution in [0.5, 0.6) is 5.75 Å². The first kappa shape index (κ1) is 15.5. The first-order chi connectivity index (χ1) is 9.60. The minimum Gasteiger partial charge on any atom is -0.496 e. The van der Waals surface area contributed by atoms with E-state index < -0.39 is 0 Å². The van der Waals surface area contributed by atoms with Crippen molar-refractivity contribution in [3.63, 3.8) is 0 Å². The van der Waals surface area contributed by atoms with Crippen LogP contribution in [0.15, 0.2) is 22.7 Å². The van der Waals surface area contributed by atoms with Crippen LogP contribution < -0.4 is 10.1 Å². The lowest BCUT2D eigenvalue weighted by Crippen LogP contribution is -2.18. The Morgan fingerprint density at radius 1 is 1.45 bits per heavy atom. The van der Waals surface area contributed by atoms with Crippen LogP contribution in [0.1, 0.15) is 34.1 Å². The van der Waals surface area contributed by atoms with Crippen LogP contribution in [-0.2, 0) is 6.42 Å². The van der Waals surface area contributed by atoms with Crippen molar-refractivity contribution < 1.29 is 4.74 Å². The molecule has 1 N–H and O–H groups in total. The number of rotatable bonds is 5. The Balaban J connectivity index is 2.48. The molecule has 108 valence electrons. The standard InChI is InChI=1S/C15H19BrN2OS/c1-5-12-9(2)20-15(18-12)14(17-3)11-8-10(16)6-7-13(11)19-4/h6-8,14,17H,5H2,1-4H3. The summed E-state index contributed by atoms with van der Waals surface area (Å²) in [6.45, 7) is 4.27. The maximum atomic E-state index is 5.48. The molecule has 0 saturated carbocycles. The maximum Gasteiger partial charge on any atom is 0.124 e. The Morgan fingerprint density at radius 3 is 2.75 bits per heavy atom. The van der Waals surface area contributed by atoms with Gasteiger partial charge in [0.1, 0.15) is 10.8 Å². The van der Waals surface area contributed by atoms with Gasteiger partial charge >= 0.3 is 0 Å². The first-order valence-electron chi connectivity index (χ1n) is 6.57. The summed E-state index contributed by atoms with van der Waals surface area (Å²) in [7, 11) is 3.65. The molecule has 1 heterocycles. The molecule has 2 rings (SSSR count). The zero-order valence-corrected chi connectivity index (χ0v) is 14.6. The zero-order valence-electron chi connectivity index (χ0n) is 12.2. The summed E-state index contributed by atoms with van der Waals surface area (Å²) in [5.41, 5.74) is 2.28. The topological polar surface area (TPSA) is 34.2 Å². The quantitative estimate of drug-likeness (QED) is 0.877. The van der Waals surface area contributed by atoms with Gasteiger partial charge in [-0.2, -0.15) is 0 Å². The zero-order chi connectivity index (χ0) is 14.7. The highest BCUT2D eigenvalue weighted by atomic mass is 79.9. The van der Waals surface area contributed by atoms with Crippen molar-refractivity contribution >= 4 is 27.3 Å². The summed E-state index contributed by atoms with van der Waals surface area (Å²) >= 11 is 5.28. The number of hydrogen-bond donors (Lipinski definition) is 1. The molecule has 0 saturated heterocycles. The molecule has 0 aliphatic rings. The summed E-state index contributed by atoms with van der Waals surface area (Å²) in [4.78, 5) is 6.05. The molecule has 1 atom stereocenters. The smallest absolute Gasteiger partial charge is 0.124 e. The van der Waals surface area contributed by atoms with Crippen LogP contribution in [-0.4, -0.2) is 19.1 Å². The molecule has 1 unspecified atom stereocenters. The van der Waals surface area contributed by atoms with Crippen molar-refractivity contribution in [3.8, 4) is 5.75 Å². The molecule has 0 aliphatic carbocycles. The van der Waals surface area contributed by atoms with E-state index >= 15 is 0 Å². The van der Waals surface area contributed by atoms with Gasteiger partial charge in [0.05, 0.1) is 18.8 Å². The molecule has 0 spiro atoms. The van der Waals surface area contributed by atoms with Gasteiger partial charge in [0.15, 0.2) is 0 Å². The van der Waals surface area contributed by atoms with E-state index in [4.69, 9.17) is 9.72 Å². The van der Waals surface area contributed by atoms with Crippen LogP contribution in [0.3, 0.4) is 0 Å². The van der Waals surface area contributed by atoms with Crippen molar-refractivity contribution in [1.82, 2.24) is 10.3 Å². The van der Waals surface area contributed by atoms with E-state index in [-0.39, 0.29) is 6.04 Å². The average Bonchev–Trinajstić information content (AvgIpc) is 2.81. The van der Waals surface area contributed by atoms with E-state index in [1.54, 1.807) is 18.4 Å². The van der Waals surface area contributed by atoms with Gasteiger partial charge in [-0.05, 0) is 38.6 Å².